The second-order valence-electron chi connectivity index (χ2n) is 4.37. The molecule has 7 heteroatoms. The molecule has 0 aromatic carbocycles. The highest BCUT2D eigenvalue weighted by Crippen LogP contribution is 2.28. The molecule has 15 heavy (non-hydrogen) atoms. The fourth-order valence-corrected chi connectivity index (χ4v) is 2.39. The lowest BCUT2D eigenvalue weighted by molar-refractivity contribution is 0.576. The lowest BCUT2D eigenvalue weighted by Crippen LogP contribution is -2.32. The molecule has 0 spiro atoms. The van der Waals surface area contributed by atoms with Gasteiger partial charge in [0.2, 0.25) is 0 Å². The number of fused-ring (bicyclic) bond motifs is 1. The minimum atomic E-state index is -3.62. The van der Waals surface area contributed by atoms with Gasteiger partial charge in [-0.2, -0.15) is 8.42 Å². The van der Waals surface area contributed by atoms with Crippen molar-refractivity contribution >= 4 is 21.7 Å². The van der Waals surface area contributed by atoms with E-state index in [1.807, 2.05) is 20.8 Å². The van der Waals surface area contributed by atoms with Gasteiger partial charge < -0.3 is 10.3 Å². The Morgan fingerprint density at radius 1 is 1.33 bits per heavy atom. The number of nitrogens with zero attached hydrogens (tertiary/aromatic N) is 2. The Kier molecular flexibility index (Phi) is 1.91. The minimum absolute atomic E-state index is 0.0236. The first-order valence-electron chi connectivity index (χ1n) is 4.46. The van der Waals surface area contributed by atoms with Gasteiger partial charge in [0.15, 0.2) is 10.8 Å². The molecule has 1 aliphatic heterocycles. The average Bonchev–Trinajstić information content (AvgIpc) is 2.49. The topological polar surface area (TPSA) is 87.2 Å². The molecule has 0 radical (unpaired) electrons. The lowest BCUT2D eigenvalue weighted by atomic mass is 9.95. The normalized spacial score (nSPS) is 19.0. The lowest BCUT2D eigenvalue weighted by Gasteiger charge is -2.24. The molecule has 0 unspecified atom stereocenters. The third kappa shape index (κ3) is 1.63. The van der Waals surface area contributed by atoms with E-state index in [1.54, 1.807) is 0 Å². The third-order valence-electron chi connectivity index (χ3n) is 2.02. The fraction of sp³-hybridized carbons (Fsp3) is 0.500. The van der Waals surface area contributed by atoms with Crippen LogP contribution in [-0.4, -0.2) is 24.2 Å². The van der Waals surface area contributed by atoms with Gasteiger partial charge in [0.25, 0.3) is 0 Å². The number of aromatic nitrogens is 2. The van der Waals surface area contributed by atoms with Crippen molar-refractivity contribution in [3.05, 3.63) is 6.33 Å². The molecular weight excluding hydrogens is 216 g/mol. The fourth-order valence-electron chi connectivity index (χ4n) is 1.19. The van der Waals surface area contributed by atoms with Crippen molar-refractivity contribution in [3.63, 3.8) is 0 Å². The van der Waals surface area contributed by atoms with E-state index in [0.29, 0.717) is 11.7 Å². The molecule has 82 valence electrons. The molecule has 6 nitrogen and oxygen atoms in total. The van der Waals surface area contributed by atoms with Gasteiger partial charge in [-0.15, -0.1) is 4.40 Å². The molecule has 0 saturated heterocycles. The molecule has 1 aromatic heterocycles. The van der Waals surface area contributed by atoms with Gasteiger partial charge in [-0.3, -0.25) is 0 Å². The SMILES string of the molecule is CC(C)(C)C1=NS(=O)(=O)c2[nH]cnc2N1. The Balaban J connectivity index is 2.58. The highest BCUT2D eigenvalue weighted by Gasteiger charge is 2.32. The zero-order valence-corrected chi connectivity index (χ0v) is 9.51. The molecular formula is C8H12N4O2S. The molecule has 0 aliphatic carbocycles. The summed E-state index contributed by atoms with van der Waals surface area (Å²) in [6.45, 7) is 5.64. The first-order chi connectivity index (χ1) is 6.81. The number of H-pyrrole nitrogens is 1. The average molecular weight is 228 g/mol. The van der Waals surface area contributed by atoms with Gasteiger partial charge in [0, 0.05) is 5.41 Å². The van der Waals surface area contributed by atoms with Crippen LogP contribution in [0.4, 0.5) is 5.82 Å². The Labute approximate surface area is 87.9 Å². The summed E-state index contributed by atoms with van der Waals surface area (Å²) in [6.07, 6.45) is 1.33. The molecule has 1 aliphatic rings. The van der Waals surface area contributed by atoms with E-state index < -0.39 is 10.0 Å². The summed E-state index contributed by atoms with van der Waals surface area (Å²) < 4.78 is 27.1. The summed E-state index contributed by atoms with van der Waals surface area (Å²) in [5, 5.41) is 2.92. The van der Waals surface area contributed by atoms with Crippen LogP contribution in [0.3, 0.4) is 0 Å². The number of rotatable bonds is 0. The van der Waals surface area contributed by atoms with Crippen molar-refractivity contribution in [2.45, 2.75) is 25.8 Å². The minimum Gasteiger partial charge on any atom is -0.332 e. The maximum Gasteiger partial charge on any atom is 0.303 e. The van der Waals surface area contributed by atoms with E-state index in [-0.39, 0.29) is 10.4 Å². The highest BCUT2D eigenvalue weighted by atomic mass is 32.2. The zero-order chi connectivity index (χ0) is 11.3. The van der Waals surface area contributed by atoms with E-state index in [9.17, 15) is 8.42 Å². The second kappa shape index (κ2) is 2.82. The quantitative estimate of drug-likeness (QED) is 0.692. The van der Waals surface area contributed by atoms with Crippen LogP contribution >= 0.6 is 0 Å². The number of aromatic amines is 1. The molecule has 0 atom stereocenters. The second-order valence-corrected chi connectivity index (χ2v) is 5.91. The van der Waals surface area contributed by atoms with Crippen LogP contribution in [0.25, 0.3) is 0 Å². The number of sulfonamides is 1. The Hall–Kier alpha value is -1.37. The summed E-state index contributed by atoms with van der Waals surface area (Å²) in [7, 11) is -3.62. The van der Waals surface area contributed by atoms with E-state index >= 15 is 0 Å². The standard InChI is InChI=1S/C8H12N4O2S/c1-8(2,3)7-11-5-6(10-4-9-5)15(13,14)12-7/h4H,1-3H3,(H,9,10)(H,11,12). The van der Waals surface area contributed by atoms with E-state index in [0.717, 1.165) is 0 Å². The van der Waals surface area contributed by atoms with Crippen LogP contribution in [0.5, 0.6) is 0 Å². The molecule has 0 fully saturated rings. The Morgan fingerprint density at radius 2 is 2.00 bits per heavy atom. The van der Waals surface area contributed by atoms with Crippen LogP contribution in [0.1, 0.15) is 20.8 Å². The van der Waals surface area contributed by atoms with Crippen molar-refractivity contribution in [1.82, 2.24) is 9.97 Å². The zero-order valence-electron chi connectivity index (χ0n) is 8.70. The van der Waals surface area contributed by atoms with Gasteiger partial charge >= 0.3 is 10.0 Å². The first-order valence-corrected chi connectivity index (χ1v) is 5.90. The van der Waals surface area contributed by atoms with Crippen LogP contribution in [-0.2, 0) is 10.0 Å². The van der Waals surface area contributed by atoms with Crippen molar-refractivity contribution in [2.24, 2.45) is 9.81 Å². The third-order valence-corrected chi connectivity index (χ3v) is 3.27. The van der Waals surface area contributed by atoms with Crippen molar-refractivity contribution in [3.8, 4) is 0 Å². The van der Waals surface area contributed by atoms with Gasteiger partial charge in [-0.25, -0.2) is 4.98 Å². The van der Waals surface area contributed by atoms with E-state index in [4.69, 9.17) is 0 Å². The first kappa shape index (κ1) is 10.2. The number of amidine groups is 1. The summed E-state index contributed by atoms with van der Waals surface area (Å²) in [5.74, 6) is 0.719. The molecule has 1 aromatic rings. The van der Waals surface area contributed by atoms with Crippen molar-refractivity contribution in [2.75, 3.05) is 5.32 Å². The van der Waals surface area contributed by atoms with Gasteiger partial charge in [0.1, 0.15) is 5.84 Å². The number of nitrogens with one attached hydrogen (secondary N) is 2. The summed E-state index contributed by atoms with van der Waals surface area (Å²) in [6, 6.07) is 0. The molecule has 0 saturated carbocycles. The number of hydrogen-bond donors (Lipinski definition) is 2. The monoisotopic (exact) mass is 228 g/mol. The maximum atomic E-state index is 11.7. The highest BCUT2D eigenvalue weighted by molar-refractivity contribution is 7.90. The van der Waals surface area contributed by atoms with E-state index in [1.165, 1.54) is 6.33 Å². The van der Waals surface area contributed by atoms with Crippen LogP contribution in [0, 0.1) is 5.41 Å². The number of hydrogen-bond acceptors (Lipinski definition) is 4. The predicted octanol–water partition coefficient (Wildman–Crippen LogP) is 0.968. The smallest absolute Gasteiger partial charge is 0.303 e. The summed E-state index contributed by atoms with van der Waals surface area (Å²) in [4.78, 5) is 6.44. The van der Waals surface area contributed by atoms with E-state index in [2.05, 4.69) is 19.7 Å². The predicted molar refractivity (Wildman–Crippen MR) is 56.3 cm³/mol. The van der Waals surface area contributed by atoms with Crippen LogP contribution in [0.15, 0.2) is 15.8 Å². The van der Waals surface area contributed by atoms with Gasteiger partial charge in [-0.05, 0) is 0 Å². The molecule has 2 heterocycles. The Morgan fingerprint density at radius 3 is 2.60 bits per heavy atom. The van der Waals surface area contributed by atoms with Gasteiger partial charge in [0.05, 0.1) is 6.33 Å². The molecule has 0 amide bonds. The molecule has 2 N–H and O–H groups in total. The summed E-state index contributed by atoms with van der Waals surface area (Å²) in [5.41, 5.74) is -0.357. The Bertz CT molecular complexity index is 521. The van der Waals surface area contributed by atoms with Gasteiger partial charge in [-0.1, -0.05) is 20.8 Å². The number of anilines is 1. The summed E-state index contributed by atoms with van der Waals surface area (Å²) >= 11 is 0. The largest absolute Gasteiger partial charge is 0.332 e. The maximum absolute atomic E-state index is 11.7. The van der Waals surface area contributed by atoms with Crippen molar-refractivity contribution < 1.29 is 8.42 Å². The van der Waals surface area contributed by atoms with Crippen LogP contribution in [0.2, 0.25) is 0 Å². The van der Waals surface area contributed by atoms with Crippen molar-refractivity contribution in [1.29, 1.82) is 0 Å². The van der Waals surface area contributed by atoms with Crippen LogP contribution < -0.4 is 5.32 Å². The molecule has 2 rings (SSSR count). The molecule has 0 bridgehead atoms. The number of imidazole rings is 1.